The van der Waals surface area contributed by atoms with Crippen LogP contribution in [-0.4, -0.2) is 46.9 Å². The van der Waals surface area contributed by atoms with Gasteiger partial charge in [0.25, 0.3) is 11.6 Å². The summed E-state index contributed by atoms with van der Waals surface area (Å²) in [6, 6.07) is 8.00. The highest BCUT2D eigenvalue weighted by Gasteiger charge is 2.25. The monoisotopic (exact) mass is 496 g/mol. The minimum Gasteiger partial charge on any atom is -0.302 e. The Balaban J connectivity index is 0.00000363. The Kier molecular flexibility index (Phi) is 8.98. The number of nitro benzene ring substituents is 1. The SMILES string of the molecule is CCN(CC)CCN(C(=O)c1cc([N+](=O)[O-])ccc1Cl)c1nc2cc(C)cc(C)c2s1.Cl. The van der Waals surface area contributed by atoms with Crippen molar-refractivity contribution in [1.82, 2.24) is 9.88 Å². The van der Waals surface area contributed by atoms with Gasteiger partial charge in [0.15, 0.2) is 5.13 Å². The molecule has 1 amide bonds. The molecule has 2 aromatic carbocycles. The van der Waals surface area contributed by atoms with E-state index >= 15 is 0 Å². The molecule has 0 aliphatic heterocycles. The molecule has 0 aliphatic rings. The second-order valence-corrected chi connectivity index (χ2v) is 8.72. The Hall–Kier alpha value is -2.26. The van der Waals surface area contributed by atoms with Crippen LogP contribution in [0.15, 0.2) is 30.3 Å². The number of likely N-dealkylation sites (N-methyl/N-ethyl adjacent to an activating group) is 1. The number of rotatable bonds is 8. The Morgan fingerprint density at radius 3 is 2.47 bits per heavy atom. The first-order valence-electron chi connectivity index (χ1n) is 10.1. The van der Waals surface area contributed by atoms with Crippen LogP contribution in [0.2, 0.25) is 5.02 Å². The molecule has 172 valence electrons. The number of fused-ring (bicyclic) bond motifs is 1. The van der Waals surface area contributed by atoms with E-state index in [0.717, 1.165) is 34.4 Å². The van der Waals surface area contributed by atoms with E-state index in [0.29, 0.717) is 18.2 Å². The number of hydrogen-bond donors (Lipinski definition) is 0. The van der Waals surface area contributed by atoms with Crippen molar-refractivity contribution in [3.8, 4) is 0 Å². The van der Waals surface area contributed by atoms with E-state index in [9.17, 15) is 14.9 Å². The standard InChI is InChI=1S/C22H25ClN4O3S.ClH/c1-5-25(6-2)9-10-26(21(28)17-13-16(27(29)30)7-8-18(17)23)22-24-19-12-14(3)11-15(4)20(19)31-22;/h7-8,11-13H,5-6,9-10H2,1-4H3;1H. The number of nitro groups is 1. The van der Waals surface area contributed by atoms with Crippen LogP contribution in [0.1, 0.15) is 35.3 Å². The summed E-state index contributed by atoms with van der Waals surface area (Å²) < 4.78 is 1.02. The average Bonchev–Trinajstić information content (AvgIpc) is 3.15. The van der Waals surface area contributed by atoms with Gasteiger partial charge in [0.2, 0.25) is 0 Å². The lowest BCUT2D eigenvalue weighted by atomic mass is 10.1. The van der Waals surface area contributed by atoms with Crippen molar-refractivity contribution < 1.29 is 9.72 Å². The van der Waals surface area contributed by atoms with Crippen molar-refractivity contribution in [2.45, 2.75) is 27.7 Å². The van der Waals surface area contributed by atoms with Crippen molar-refractivity contribution in [3.63, 3.8) is 0 Å². The summed E-state index contributed by atoms with van der Waals surface area (Å²) >= 11 is 7.72. The zero-order valence-electron chi connectivity index (χ0n) is 18.4. The van der Waals surface area contributed by atoms with Crippen molar-refractivity contribution in [2.75, 3.05) is 31.1 Å². The van der Waals surface area contributed by atoms with Crippen LogP contribution in [0, 0.1) is 24.0 Å². The summed E-state index contributed by atoms with van der Waals surface area (Å²) in [5, 5.41) is 12.0. The number of anilines is 1. The van der Waals surface area contributed by atoms with E-state index in [2.05, 4.69) is 24.8 Å². The number of carbonyl (C=O) groups excluding carboxylic acids is 1. The molecule has 0 bridgehead atoms. The van der Waals surface area contributed by atoms with E-state index in [4.69, 9.17) is 16.6 Å². The molecule has 0 N–H and O–H groups in total. The predicted octanol–water partition coefficient (Wildman–Crippen LogP) is 5.89. The number of carbonyl (C=O) groups is 1. The number of hydrogen-bond acceptors (Lipinski definition) is 6. The molecule has 0 atom stereocenters. The third-order valence-corrected chi connectivity index (χ3v) is 6.77. The molecule has 32 heavy (non-hydrogen) atoms. The highest BCUT2D eigenvalue weighted by Crippen LogP contribution is 2.34. The minimum absolute atomic E-state index is 0. The van der Waals surface area contributed by atoms with Crippen LogP contribution >= 0.6 is 35.3 Å². The third kappa shape index (κ3) is 5.56. The topological polar surface area (TPSA) is 79.6 Å². The van der Waals surface area contributed by atoms with Crippen LogP contribution < -0.4 is 4.90 Å². The molecule has 0 saturated carbocycles. The highest BCUT2D eigenvalue weighted by molar-refractivity contribution is 7.22. The van der Waals surface area contributed by atoms with Crippen LogP contribution in [0.3, 0.4) is 0 Å². The molecule has 1 aromatic heterocycles. The lowest BCUT2D eigenvalue weighted by Gasteiger charge is -2.25. The summed E-state index contributed by atoms with van der Waals surface area (Å²) in [4.78, 5) is 32.7. The Morgan fingerprint density at radius 1 is 1.16 bits per heavy atom. The zero-order valence-corrected chi connectivity index (χ0v) is 20.8. The summed E-state index contributed by atoms with van der Waals surface area (Å²) in [6.07, 6.45) is 0. The van der Waals surface area contributed by atoms with Gasteiger partial charge in [-0.15, -0.1) is 12.4 Å². The molecule has 0 fully saturated rings. The third-order valence-electron chi connectivity index (χ3n) is 5.21. The number of nitrogens with zero attached hydrogens (tertiary/aromatic N) is 4. The summed E-state index contributed by atoms with van der Waals surface area (Å²) in [6.45, 7) is 10.9. The van der Waals surface area contributed by atoms with Gasteiger partial charge >= 0.3 is 0 Å². The molecule has 0 saturated heterocycles. The van der Waals surface area contributed by atoms with Gasteiger partial charge in [-0.2, -0.15) is 0 Å². The van der Waals surface area contributed by atoms with Gasteiger partial charge in [-0.1, -0.05) is 42.9 Å². The van der Waals surface area contributed by atoms with Crippen molar-refractivity contribution in [1.29, 1.82) is 0 Å². The molecule has 7 nitrogen and oxygen atoms in total. The lowest BCUT2D eigenvalue weighted by Crippen LogP contribution is -2.39. The van der Waals surface area contributed by atoms with E-state index in [-0.39, 0.29) is 28.7 Å². The average molecular weight is 497 g/mol. The number of halogens is 2. The number of benzene rings is 2. The molecule has 0 spiro atoms. The maximum Gasteiger partial charge on any atom is 0.270 e. The first-order chi connectivity index (χ1) is 14.7. The van der Waals surface area contributed by atoms with Gasteiger partial charge < -0.3 is 4.90 Å². The molecule has 0 unspecified atom stereocenters. The van der Waals surface area contributed by atoms with Crippen LogP contribution in [-0.2, 0) is 0 Å². The van der Waals surface area contributed by atoms with Gasteiger partial charge in [-0.25, -0.2) is 4.98 Å². The number of non-ortho nitro benzene ring substituents is 1. The quantitative estimate of drug-likeness (QED) is 0.287. The maximum atomic E-state index is 13.5. The first-order valence-corrected chi connectivity index (χ1v) is 11.3. The fourth-order valence-electron chi connectivity index (χ4n) is 3.48. The van der Waals surface area contributed by atoms with Gasteiger partial charge in [-0.3, -0.25) is 19.8 Å². The molecular formula is C22H26Cl2N4O3S. The fraction of sp³-hybridized carbons (Fsp3) is 0.364. The van der Waals surface area contributed by atoms with Gasteiger partial charge in [0.05, 0.1) is 25.7 Å². The van der Waals surface area contributed by atoms with Crippen molar-refractivity contribution >= 4 is 62.3 Å². The molecule has 10 heteroatoms. The highest BCUT2D eigenvalue weighted by atomic mass is 35.5. The zero-order chi connectivity index (χ0) is 22.7. The van der Waals surface area contributed by atoms with Gasteiger partial charge in [0, 0.05) is 25.2 Å². The van der Waals surface area contributed by atoms with Crippen LogP contribution in [0.5, 0.6) is 0 Å². The molecular weight excluding hydrogens is 471 g/mol. The van der Waals surface area contributed by atoms with Gasteiger partial charge in [0.1, 0.15) is 0 Å². The molecule has 1 heterocycles. The minimum atomic E-state index is -0.531. The van der Waals surface area contributed by atoms with E-state index in [1.807, 2.05) is 19.9 Å². The van der Waals surface area contributed by atoms with E-state index in [1.165, 1.54) is 29.5 Å². The van der Waals surface area contributed by atoms with Crippen LogP contribution in [0.25, 0.3) is 10.2 Å². The van der Waals surface area contributed by atoms with Crippen molar-refractivity contribution in [2.24, 2.45) is 0 Å². The molecule has 0 aliphatic carbocycles. The Morgan fingerprint density at radius 2 is 1.84 bits per heavy atom. The largest absolute Gasteiger partial charge is 0.302 e. The predicted molar refractivity (Wildman–Crippen MR) is 134 cm³/mol. The molecule has 0 radical (unpaired) electrons. The Labute approximate surface area is 202 Å². The maximum absolute atomic E-state index is 13.5. The lowest BCUT2D eigenvalue weighted by molar-refractivity contribution is -0.384. The second kappa shape index (κ2) is 11.0. The van der Waals surface area contributed by atoms with Crippen molar-refractivity contribution in [3.05, 3.63) is 62.2 Å². The normalized spacial score (nSPS) is 10.9. The van der Waals surface area contributed by atoms with Crippen LogP contribution in [0.4, 0.5) is 10.8 Å². The first kappa shape index (κ1) is 26.0. The summed E-state index contributed by atoms with van der Waals surface area (Å²) in [7, 11) is 0. The molecule has 3 rings (SSSR count). The fourth-order valence-corrected chi connectivity index (χ4v) is 4.72. The summed E-state index contributed by atoms with van der Waals surface area (Å²) in [5.41, 5.74) is 2.96. The Bertz CT molecular complexity index is 1130. The van der Waals surface area contributed by atoms with E-state index < -0.39 is 10.8 Å². The second-order valence-electron chi connectivity index (χ2n) is 7.33. The number of aryl methyl sites for hydroxylation is 2. The molecule has 3 aromatic rings. The number of amides is 1. The number of thiazole rings is 1. The number of aromatic nitrogens is 1. The smallest absolute Gasteiger partial charge is 0.270 e. The summed E-state index contributed by atoms with van der Waals surface area (Å²) in [5.74, 6) is -0.394. The van der Waals surface area contributed by atoms with E-state index in [1.54, 1.807) is 4.90 Å². The van der Waals surface area contributed by atoms with Gasteiger partial charge in [-0.05, 0) is 50.2 Å².